The highest BCUT2D eigenvalue weighted by Gasteiger charge is 2.21. The summed E-state index contributed by atoms with van der Waals surface area (Å²) in [5.74, 6) is -1.09. The number of amides is 1. The molecular formula is C12H19N3O3. The van der Waals surface area contributed by atoms with Crippen molar-refractivity contribution in [1.29, 1.82) is 0 Å². The smallest absolute Gasteiger partial charge is 0.326 e. The summed E-state index contributed by atoms with van der Waals surface area (Å²) < 4.78 is 1.60. The largest absolute Gasteiger partial charge is 0.480 e. The average Bonchev–Trinajstić information content (AvgIpc) is 2.62. The SMILES string of the molecule is CC(C)CC(NC(=O)Cc1ccnn1C)C(=O)O. The van der Waals surface area contributed by atoms with Crippen LogP contribution in [0.3, 0.4) is 0 Å². The summed E-state index contributed by atoms with van der Waals surface area (Å²) in [6, 6.07) is 0.906. The van der Waals surface area contributed by atoms with E-state index < -0.39 is 12.0 Å². The number of carboxylic acid groups (broad SMARTS) is 1. The van der Waals surface area contributed by atoms with Gasteiger partial charge in [0.2, 0.25) is 5.91 Å². The lowest BCUT2D eigenvalue weighted by Crippen LogP contribution is -2.42. The van der Waals surface area contributed by atoms with E-state index in [9.17, 15) is 9.59 Å². The van der Waals surface area contributed by atoms with E-state index >= 15 is 0 Å². The number of nitrogens with zero attached hydrogens (tertiary/aromatic N) is 2. The molecule has 0 radical (unpaired) electrons. The Bertz CT molecular complexity index is 426. The van der Waals surface area contributed by atoms with E-state index in [1.807, 2.05) is 13.8 Å². The van der Waals surface area contributed by atoms with Crippen LogP contribution in [0.25, 0.3) is 0 Å². The van der Waals surface area contributed by atoms with Crippen molar-refractivity contribution in [3.05, 3.63) is 18.0 Å². The molecule has 0 bridgehead atoms. The Morgan fingerprint density at radius 3 is 2.61 bits per heavy atom. The fourth-order valence-corrected chi connectivity index (χ4v) is 1.68. The van der Waals surface area contributed by atoms with Gasteiger partial charge in [-0.2, -0.15) is 5.10 Å². The third-order valence-corrected chi connectivity index (χ3v) is 2.60. The normalized spacial score (nSPS) is 12.4. The number of rotatable bonds is 6. The maximum absolute atomic E-state index is 11.7. The molecule has 18 heavy (non-hydrogen) atoms. The Morgan fingerprint density at radius 2 is 2.17 bits per heavy atom. The van der Waals surface area contributed by atoms with E-state index in [2.05, 4.69) is 10.4 Å². The zero-order chi connectivity index (χ0) is 13.7. The molecule has 1 unspecified atom stereocenters. The first-order valence-electron chi connectivity index (χ1n) is 5.89. The Morgan fingerprint density at radius 1 is 1.50 bits per heavy atom. The molecule has 1 aromatic heterocycles. The van der Waals surface area contributed by atoms with Crippen LogP contribution in [-0.4, -0.2) is 32.8 Å². The minimum atomic E-state index is -0.998. The topological polar surface area (TPSA) is 84.2 Å². The van der Waals surface area contributed by atoms with Crippen molar-refractivity contribution in [2.24, 2.45) is 13.0 Å². The van der Waals surface area contributed by atoms with E-state index in [-0.39, 0.29) is 18.2 Å². The summed E-state index contributed by atoms with van der Waals surface area (Å²) in [6.07, 6.45) is 2.16. The standard InChI is InChI=1S/C12H19N3O3/c1-8(2)6-10(12(17)18)14-11(16)7-9-4-5-13-15(9)3/h4-5,8,10H,6-7H2,1-3H3,(H,14,16)(H,17,18). The van der Waals surface area contributed by atoms with Crippen LogP contribution in [0, 0.1) is 5.92 Å². The molecule has 0 saturated carbocycles. The maximum Gasteiger partial charge on any atom is 0.326 e. The molecule has 0 saturated heterocycles. The molecule has 0 aromatic carbocycles. The number of nitrogens with one attached hydrogen (secondary N) is 1. The van der Waals surface area contributed by atoms with Gasteiger partial charge < -0.3 is 10.4 Å². The highest BCUT2D eigenvalue weighted by molar-refractivity contribution is 5.84. The van der Waals surface area contributed by atoms with Gasteiger partial charge in [-0.05, 0) is 18.4 Å². The monoisotopic (exact) mass is 253 g/mol. The highest BCUT2D eigenvalue weighted by atomic mass is 16.4. The van der Waals surface area contributed by atoms with Crippen molar-refractivity contribution in [1.82, 2.24) is 15.1 Å². The average molecular weight is 253 g/mol. The predicted octanol–water partition coefficient (Wildman–Crippen LogP) is 0.578. The molecule has 1 rings (SSSR count). The van der Waals surface area contributed by atoms with Gasteiger partial charge in [0.05, 0.1) is 6.42 Å². The quantitative estimate of drug-likeness (QED) is 0.776. The zero-order valence-electron chi connectivity index (χ0n) is 10.9. The fourth-order valence-electron chi connectivity index (χ4n) is 1.68. The van der Waals surface area contributed by atoms with Crippen LogP contribution < -0.4 is 5.32 Å². The third kappa shape index (κ3) is 4.20. The molecule has 1 atom stereocenters. The van der Waals surface area contributed by atoms with Gasteiger partial charge in [-0.15, -0.1) is 0 Å². The van der Waals surface area contributed by atoms with Gasteiger partial charge >= 0.3 is 5.97 Å². The summed E-state index contributed by atoms with van der Waals surface area (Å²) in [7, 11) is 1.74. The van der Waals surface area contributed by atoms with Crippen LogP contribution in [0.15, 0.2) is 12.3 Å². The number of carbonyl (C=O) groups is 2. The lowest BCUT2D eigenvalue weighted by atomic mass is 10.0. The summed E-state index contributed by atoms with van der Waals surface area (Å²) >= 11 is 0. The first-order valence-corrected chi connectivity index (χ1v) is 5.89. The van der Waals surface area contributed by atoms with E-state index in [0.717, 1.165) is 5.69 Å². The van der Waals surface area contributed by atoms with Crippen molar-refractivity contribution in [2.45, 2.75) is 32.7 Å². The molecule has 1 aromatic rings. The minimum absolute atomic E-state index is 0.137. The number of aliphatic carboxylic acids is 1. The molecule has 2 N–H and O–H groups in total. The molecular weight excluding hydrogens is 234 g/mol. The Labute approximate surface area is 106 Å². The number of aryl methyl sites for hydroxylation is 1. The summed E-state index contributed by atoms with van der Waals surface area (Å²) in [6.45, 7) is 3.84. The molecule has 6 nitrogen and oxygen atoms in total. The van der Waals surface area contributed by atoms with Crippen LogP contribution in [0.4, 0.5) is 0 Å². The Kier molecular flexibility index (Phi) is 4.88. The van der Waals surface area contributed by atoms with Crippen molar-refractivity contribution in [3.8, 4) is 0 Å². The zero-order valence-corrected chi connectivity index (χ0v) is 10.9. The number of carbonyl (C=O) groups excluding carboxylic acids is 1. The summed E-state index contributed by atoms with van der Waals surface area (Å²) in [4.78, 5) is 22.8. The lowest BCUT2D eigenvalue weighted by molar-refractivity contribution is -0.142. The fraction of sp³-hybridized carbons (Fsp3) is 0.583. The first kappa shape index (κ1) is 14.2. The maximum atomic E-state index is 11.7. The van der Waals surface area contributed by atoms with Crippen molar-refractivity contribution in [3.63, 3.8) is 0 Å². The first-order chi connectivity index (χ1) is 8.40. The predicted molar refractivity (Wildman–Crippen MR) is 65.9 cm³/mol. The van der Waals surface area contributed by atoms with Gasteiger partial charge in [-0.1, -0.05) is 13.8 Å². The molecule has 0 spiro atoms. The highest BCUT2D eigenvalue weighted by Crippen LogP contribution is 2.06. The van der Waals surface area contributed by atoms with Gasteiger partial charge in [0.25, 0.3) is 0 Å². The molecule has 0 aliphatic carbocycles. The van der Waals surface area contributed by atoms with Gasteiger partial charge in [0.15, 0.2) is 0 Å². The minimum Gasteiger partial charge on any atom is -0.480 e. The summed E-state index contributed by atoms with van der Waals surface area (Å²) in [5, 5.41) is 15.5. The van der Waals surface area contributed by atoms with Crippen LogP contribution in [-0.2, 0) is 23.1 Å². The molecule has 1 amide bonds. The van der Waals surface area contributed by atoms with Crippen LogP contribution in [0.1, 0.15) is 26.0 Å². The second-order valence-electron chi connectivity index (χ2n) is 4.71. The number of hydrogen-bond donors (Lipinski definition) is 2. The molecule has 1 heterocycles. The molecule has 0 aliphatic heterocycles. The van der Waals surface area contributed by atoms with Crippen molar-refractivity contribution in [2.75, 3.05) is 0 Å². The van der Waals surface area contributed by atoms with Gasteiger partial charge in [0, 0.05) is 18.9 Å². The van der Waals surface area contributed by atoms with Crippen LogP contribution in [0.5, 0.6) is 0 Å². The van der Waals surface area contributed by atoms with E-state index in [0.29, 0.717) is 6.42 Å². The molecule has 0 fully saturated rings. The van der Waals surface area contributed by atoms with E-state index in [4.69, 9.17) is 5.11 Å². The van der Waals surface area contributed by atoms with Crippen molar-refractivity contribution < 1.29 is 14.7 Å². The van der Waals surface area contributed by atoms with E-state index in [1.165, 1.54) is 0 Å². The van der Waals surface area contributed by atoms with Gasteiger partial charge in [-0.25, -0.2) is 4.79 Å². The third-order valence-electron chi connectivity index (χ3n) is 2.60. The molecule has 0 aliphatic rings. The molecule has 100 valence electrons. The number of aromatic nitrogens is 2. The van der Waals surface area contributed by atoms with Crippen molar-refractivity contribution >= 4 is 11.9 Å². The van der Waals surface area contributed by atoms with Gasteiger partial charge in [0.1, 0.15) is 6.04 Å². The van der Waals surface area contributed by atoms with Gasteiger partial charge in [-0.3, -0.25) is 9.48 Å². The summed E-state index contributed by atoms with van der Waals surface area (Å²) in [5.41, 5.74) is 0.751. The second-order valence-corrected chi connectivity index (χ2v) is 4.71. The lowest BCUT2D eigenvalue weighted by Gasteiger charge is -2.16. The number of hydrogen-bond acceptors (Lipinski definition) is 3. The Hall–Kier alpha value is -1.85. The van der Waals surface area contributed by atoms with E-state index in [1.54, 1.807) is 24.0 Å². The second kappa shape index (κ2) is 6.18. The molecule has 6 heteroatoms. The van der Waals surface area contributed by atoms with Crippen LogP contribution >= 0.6 is 0 Å². The number of carboxylic acids is 1. The van der Waals surface area contributed by atoms with Crippen LogP contribution in [0.2, 0.25) is 0 Å². The Balaban J connectivity index is 2.56.